The van der Waals surface area contributed by atoms with Crippen LogP contribution in [0.25, 0.3) is 0 Å². The van der Waals surface area contributed by atoms with Crippen molar-refractivity contribution in [1.82, 2.24) is 9.80 Å². The van der Waals surface area contributed by atoms with E-state index in [-0.39, 0.29) is 17.5 Å². The minimum Gasteiger partial charge on any atom is -0.336 e. The van der Waals surface area contributed by atoms with E-state index in [0.29, 0.717) is 5.91 Å². The van der Waals surface area contributed by atoms with Crippen LogP contribution in [-0.2, 0) is 4.79 Å². The molecule has 2 aliphatic heterocycles. The second-order valence-electron chi connectivity index (χ2n) is 6.31. The molecular formula is C13H25N3O. The smallest absolute Gasteiger partial charge is 0.227 e. The molecule has 2 saturated heterocycles. The van der Waals surface area contributed by atoms with Gasteiger partial charge in [-0.05, 0) is 46.7 Å². The number of rotatable bonds is 1. The van der Waals surface area contributed by atoms with Crippen LogP contribution in [0.1, 0.15) is 33.1 Å². The Hall–Kier alpha value is -0.610. The zero-order valence-electron chi connectivity index (χ0n) is 11.3. The predicted octanol–water partition coefficient (Wildman–Crippen LogP) is 0.666. The molecule has 0 aromatic carbocycles. The van der Waals surface area contributed by atoms with E-state index in [1.807, 2.05) is 4.90 Å². The van der Waals surface area contributed by atoms with Crippen molar-refractivity contribution in [3.63, 3.8) is 0 Å². The van der Waals surface area contributed by atoms with E-state index >= 15 is 0 Å². The van der Waals surface area contributed by atoms with E-state index in [2.05, 4.69) is 25.8 Å². The Labute approximate surface area is 104 Å². The van der Waals surface area contributed by atoms with Crippen molar-refractivity contribution >= 4 is 5.91 Å². The predicted molar refractivity (Wildman–Crippen MR) is 68.6 cm³/mol. The lowest BCUT2D eigenvalue weighted by molar-refractivity contribution is -0.143. The Kier molecular flexibility index (Phi) is 3.46. The largest absolute Gasteiger partial charge is 0.336 e. The van der Waals surface area contributed by atoms with E-state index in [4.69, 9.17) is 5.73 Å². The summed E-state index contributed by atoms with van der Waals surface area (Å²) < 4.78 is 0. The van der Waals surface area contributed by atoms with Gasteiger partial charge in [-0.25, -0.2) is 0 Å². The summed E-state index contributed by atoms with van der Waals surface area (Å²) in [6.45, 7) is 6.99. The first kappa shape index (κ1) is 12.8. The fourth-order valence-electron chi connectivity index (χ4n) is 2.99. The van der Waals surface area contributed by atoms with Gasteiger partial charge in [0.15, 0.2) is 0 Å². The molecule has 2 rings (SSSR count). The van der Waals surface area contributed by atoms with Crippen LogP contribution in [0.3, 0.4) is 0 Å². The zero-order valence-corrected chi connectivity index (χ0v) is 11.3. The van der Waals surface area contributed by atoms with Gasteiger partial charge >= 0.3 is 0 Å². The summed E-state index contributed by atoms with van der Waals surface area (Å²) in [6, 6.07) is 0.158. The number of amides is 1. The molecule has 1 amide bonds. The molecule has 2 aliphatic rings. The normalized spacial score (nSPS) is 34.0. The van der Waals surface area contributed by atoms with Crippen molar-refractivity contribution in [2.75, 3.05) is 26.7 Å². The number of nitrogens with two attached hydrogens (primary N) is 1. The first-order valence-electron chi connectivity index (χ1n) is 6.66. The highest BCUT2D eigenvalue weighted by molar-refractivity contribution is 5.80. The molecule has 98 valence electrons. The van der Waals surface area contributed by atoms with E-state index in [1.165, 1.54) is 0 Å². The van der Waals surface area contributed by atoms with Crippen molar-refractivity contribution in [2.24, 2.45) is 11.7 Å². The molecule has 0 bridgehead atoms. The Morgan fingerprint density at radius 1 is 1.29 bits per heavy atom. The van der Waals surface area contributed by atoms with Crippen molar-refractivity contribution < 1.29 is 4.79 Å². The highest BCUT2D eigenvalue weighted by Gasteiger charge is 2.40. The molecular weight excluding hydrogens is 214 g/mol. The van der Waals surface area contributed by atoms with Crippen molar-refractivity contribution in [1.29, 1.82) is 0 Å². The SMILES string of the molecule is CN1CCC(C(=O)N2CC(N)CCC2(C)C)C1. The van der Waals surface area contributed by atoms with Gasteiger partial charge < -0.3 is 15.5 Å². The molecule has 2 fully saturated rings. The van der Waals surface area contributed by atoms with Gasteiger partial charge in [0.2, 0.25) is 5.91 Å². The average molecular weight is 239 g/mol. The lowest BCUT2D eigenvalue weighted by atomic mass is 9.87. The van der Waals surface area contributed by atoms with Crippen LogP contribution in [0, 0.1) is 5.92 Å². The maximum absolute atomic E-state index is 12.6. The number of carbonyl (C=O) groups is 1. The Bertz CT molecular complexity index is 303. The number of piperidine rings is 1. The Balaban J connectivity index is 2.06. The highest BCUT2D eigenvalue weighted by atomic mass is 16.2. The van der Waals surface area contributed by atoms with Gasteiger partial charge in [-0.3, -0.25) is 4.79 Å². The highest BCUT2D eigenvalue weighted by Crippen LogP contribution is 2.30. The van der Waals surface area contributed by atoms with Crippen LogP contribution in [0.2, 0.25) is 0 Å². The second kappa shape index (κ2) is 4.58. The van der Waals surface area contributed by atoms with Crippen LogP contribution in [-0.4, -0.2) is 54.0 Å². The number of hydrogen-bond acceptors (Lipinski definition) is 3. The fraction of sp³-hybridized carbons (Fsp3) is 0.923. The third-order valence-corrected chi connectivity index (χ3v) is 4.28. The standard InChI is InChI=1S/C13H25N3O/c1-13(2)6-4-11(14)9-16(13)12(17)10-5-7-15(3)8-10/h10-11H,4-9,14H2,1-3H3. The molecule has 2 atom stereocenters. The number of nitrogens with zero attached hydrogens (tertiary/aromatic N) is 2. The van der Waals surface area contributed by atoms with E-state index < -0.39 is 0 Å². The summed E-state index contributed by atoms with van der Waals surface area (Å²) in [5.74, 6) is 0.499. The van der Waals surface area contributed by atoms with Gasteiger partial charge in [-0.15, -0.1) is 0 Å². The summed E-state index contributed by atoms with van der Waals surface area (Å²) in [4.78, 5) is 16.8. The molecule has 17 heavy (non-hydrogen) atoms. The number of hydrogen-bond donors (Lipinski definition) is 1. The molecule has 0 aromatic heterocycles. The third-order valence-electron chi connectivity index (χ3n) is 4.28. The lowest BCUT2D eigenvalue weighted by Crippen LogP contribution is -2.58. The molecule has 2 heterocycles. The van der Waals surface area contributed by atoms with Crippen molar-refractivity contribution in [3.8, 4) is 0 Å². The molecule has 0 spiro atoms. The first-order valence-corrected chi connectivity index (χ1v) is 6.66. The molecule has 0 saturated carbocycles. The molecule has 0 radical (unpaired) electrons. The van der Waals surface area contributed by atoms with Crippen LogP contribution in [0.5, 0.6) is 0 Å². The maximum atomic E-state index is 12.6. The zero-order chi connectivity index (χ0) is 12.6. The lowest BCUT2D eigenvalue weighted by Gasteiger charge is -2.45. The maximum Gasteiger partial charge on any atom is 0.227 e. The molecule has 4 heteroatoms. The van der Waals surface area contributed by atoms with Crippen LogP contribution >= 0.6 is 0 Å². The van der Waals surface area contributed by atoms with Crippen LogP contribution < -0.4 is 5.73 Å². The minimum atomic E-state index is -0.0197. The molecule has 4 nitrogen and oxygen atoms in total. The summed E-state index contributed by atoms with van der Waals surface area (Å²) in [7, 11) is 2.08. The molecule has 2 unspecified atom stereocenters. The monoisotopic (exact) mass is 239 g/mol. The number of carbonyl (C=O) groups excluding carboxylic acids is 1. The molecule has 0 aromatic rings. The van der Waals surface area contributed by atoms with Crippen molar-refractivity contribution in [3.05, 3.63) is 0 Å². The van der Waals surface area contributed by atoms with E-state index in [9.17, 15) is 4.79 Å². The van der Waals surface area contributed by atoms with Gasteiger partial charge in [0.1, 0.15) is 0 Å². The first-order chi connectivity index (χ1) is 7.90. The van der Waals surface area contributed by atoms with Gasteiger partial charge in [0, 0.05) is 24.7 Å². The van der Waals surface area contributed by atoms with Gasteiger partial charge in [0.05, 0.1) is 5.92 Å². The molecule has 2 N–H and O–H groups in total. The summed E-state index contributed by atoms with van der Waals surface area (Å²) in [6.07, 6.45) is 3.04. The minimum absolute atomic E-state index is 0.0197. The average Bonchev–Trinajstić information content (AvgIpc) is 2.68. The Morgan fingerprint density at radius 3 is 2.59 bits per heavy atom. The topological polar surface area (TPSA) is 49.6 Å². The van der Waals surface area contributed by atoms with E-state index in [1.54, 1.807) is 0 Å². The van der Waals surface area contributed by atoms with Crippen molar-refractivity contribution in [2.45, 2.75) is 44.7 Å². The van der Waals surface area contributed by atoms with Gasteiger partial charge in [-0.1, -0.05) is 0 Å². The van der Waals surface area contributed by atoms with E-state index in [0.717, 1.165) is 38.9 Å². The summed E-state index contributed by atoms with van der Waals surface area (Å²) >= 11 is 0. The fourth-order valence-corrected chi connectivity index (χ4v) is 2.99. The summed E-state index contributed by atoms with van der Waals surface area (Å²) in [5.41, 5.74) is 5.99. The van der Waals surface area contributed by atoms with Gasteiger partial charge in [-0.2, -0.15) is 0 Å². The second-order valence-corrected chi connectivity index (χ2v) is 6.31. The Morgan fingerprint density at radius 2 is 2.00 bits per heavy atom. The summed E-state index contributed by atoms with van der Waals surface area (Å²) in [5, 5.41) is 0. The number of likely N-dealkylation sites (tertiary alicyclic amines) is 2. The van der Waals surface area contributed by atoms with Gasteiger partial charge in [0.25, 0.3) is 0 Å². The third kappa shape index (κ3) is 2.63. The quantitative estimate of drug-likeness (QED) is 0.731. The molecule has 0 aliphatic carbocycles. The van der Waals surface area contributed by atoms with Crippen LogP contribution in [0.15, 0.2) is 0 Å². The van der Waals surface area contributed by atoms with Crippen LogP contribution in [0.4, 0.5) is 0 Å².